The van der Waals surface area contributed by atoms with Crippen LogP contribution in [0.5, 0.6) is 0 Å². The minimum atomic E-state index is -5.05. The molecule has 3 heterocycles. The minimum absolute atomic E-state index is 0.143. The van der Waals surface area contributed by atoms with Gasteiger partial charge in [-0.1, -0.05) is 97.1 Å². The van der Waals surface area contributed by atoms with Gasteiger partial charge in [0.2, 0.25) is 0 Å². The predicted molar refractivity (Wildman–Crippen MR) is 229 cm³/mol. The van der Waals surface area contributed by atoms with E-state index in [1.54, 1.807) is 12.3 Å². The van der Waals surface area contributed by atoms with Crippen molar-refractivity contribution in [2.45, 2.75) is 26.2 Å². The molecule has 0 bridgehead atoms. The van der Waals surface area contributed by atoms with Gasteiger partial charge in [-0.3, -0.25) is 4.57 Å². The summed E-state index contributed by atoms with van der Waals surface area (Å²) in [6, 6.07) is 47.0. The monoisotopic (exact) mass is 801 g/mol. The molecule has 10 aromatic rings. The minimum Gasteiger partial charge on any atom is -0.307 e. The molecule has 3 aromatic heterocycles. The lowest BCUT2D eigenvalue weighted by Gasteiger charge is -2.19. The fourth-order valence-electron chi connectivity index (χ4n) is 8.66. The lowest BCUT2D eigenvalue weighted by atomic mass is 9.98. The third-order valence-electron chi connectivity index (χ3n) is 11.5. The summed E-state index contributed by atoms with van der Waals surface area (Å²) >= 11 is 0. The zero-order chi connectivity index (χ0) is 41.5. The highest BCUT2D eigenvalue weighted by molar-refractivity contribution is 6.12. The second-order valence-electron chi connectivity index (χ2n) is 15.2. The van der Waals surface area contributed by atoms with E-state index in [1.165, 1.54) is 0 Å². The molecular formula is C51H33F6N3. The summed E-state index contributed by atoms with van der Waals surface area (Å²) in [5.41, 5.74) is 6.70. The van der Waals surface area contributed by atoms with E-state index in [0.717, 1.165) is 78.1 Å². The van der Waals surface area contributed by atoms with Crippen LogP contribution in [0.3, 0.4) is 0 Å². The summed E-state index contributed by atoms with van der Waals surface area (Å²) in [5, 5.41) is 3.57. The molecule has 60 heavy (non-hydrogen) atoms. The molecule has 294 valence electrons. The van der Waals surface area contributed by atoms with Crippen LogP contribution >= 0.6 is 0 Å². The zero-order valence-electron chi connectivity index (χ0n) is 32.2. The Morgan fingerprint density at radius 3 is 1.37 bits per heavy atom. The molecule has 0 saturated carbocycles. The van der Waals surface area contributed by atoms with Gasteiger partial charge < -0.3 is 4.57 Å². The van der Waals surface area contributed by atoms with Gasteiger partial charge in [0.25, 0.3) is 0 Å². The Morgan fingerprint density at radius 1 is 0.400 bits per heavy atom. The Labute approximate surface area is 340 Å². The average Bonchev–Trinajstić information content (AvgIpc) is 3.75. The highest BCUT2D eigenvalue weighted by atomic mass is 19.4. The van der Waals surface area contributed by atoms with E-state index in [0.29, 0.717) is 22.5 Å². The fraction of sp³-hybridized carbons (Fsp3) is 0.0784. The van der Waals surface area contributed by atoms with E-state index in [9.17, 15) is 26.3 Å². The van der Waals surface area contributed by atoms with Crippen molar-refractivity contribution < 1.29 is 26.3 Å². The Balaban J connectivity index is 1.27. The summed E-state index contributed by atoms with van der Waals surface area (Å²) in [7, 11) is 0. The number of para-hydroxylation sites is 2. The predicted octanol–water partition coefficient (Wildman–Crippen LogP) is 14.9. The van der Waals surface area contributed by atoms with E-state index in [2.05, 4.69) is 18.2 Å². The van der Waals surface area contributed by atoms with Crippen molar-refractivity contribution in [1.29, 1.82) is 0 Å². The van der Waals surface area contributed by atoms with Gasteiger partial charge in [-0.15, -0.1) is 0 Å². The molecule has 0 aliphatic rings. The summed E-state index contributed by atoms with van der Waals surface area (Å²) in [6.45, 7) is 4.08. The summed E-state index contributed by atoms with van der Waals surface area (Å²) in [5.74, 6) is 0.331. The smallest absolute Gasteiger partial charge is 0.307 e. The molecule has 10 rings (SSSR count). The highest BCUT2D eigenvalue weighted by Crippen LogP contribution is 2.44. The normalized spacial score (nSPS) is 12.3. The zero-order valence-corrected chi connectivity index (χ0v) is 32.2. The van der Waals surface area contributed by atoms with Crippen LogP contribution in [-0.2, 0) is 12.4 Å². The van der Waals surface area contributed by atoms with Gasteiger partial charge in [-0.2, -0.15) is 26.3 Å². The molecule has 0 amide bonds. The van der Waals surface area contributed by atoms with Gasteiger partial charge in [0, 0.05) is 27.1 Å². The molecule has 7 aromatic carbocycles. The van der Waals surface area contributed by atoms with E-state index in [1.807, 2.05) is 138 Å². The number of fused-ring (bicyclic) bond motifs is 6. The Hall–Kier alpha value is -7.13. The number of pyridine rings is 1. The molecule has 0 N–H and O–H groups in total. The summed E-state index contributed by atoms with van der Waals surface area (Å²) in [6.07, 6.45) is -8.54. The van der Waals surface area contributed by atoms with Crippen LogP contribution in [0.2, 0.25) is 0 Å². The van der Waals surface area contributed by atoms with Crippen molar-refractivity contribution in [3.63, 3.8) is 0 Å². The number of alkyl halides is 6. The van der Waals surface area contributed by atoms with Crippen molar-refractivity contribution in [3.8, 4) is 44.9 Å². The van der Waals surface area contributed by atoms with Crippen LogP contribution in [0, 0.1) is 13.8 Å². The van der Waals surface area contributed by atoms with Gasteiger partial charge in [-0.05, 0) is 113 Å². The van der Waals surface area contributed by atoms with Crippen LogP contribution < -0.4 is 0 Å². The molecular weight excluding hydrogens is 769 g/mol. The third kappa shape index (κ3) is 6.11. The van der Waals surface area contributed by atoms with Crippen LogP contribution in [0.15, 0.2) is 164 Å². The first-order valence-electron chi connectivity index (χ1n) is 19.3. The molecule has 0 spiro atoms. The molecule has 9 heteroatoms. The summed E-state index contributed by atoms with van der Waals surface area (Å²) in [4.78, 5) is 4.99. The first-order valence-corrected chi connectivity index (χ1v) is 19.3. The number of hydrogen-bond donors (Lipinski definition) is 0. The van der Waals surface area contributed by atoms with Crippen LogP contribution in [0.25, 0.3) is 88.5 Å². The van der Waals surface area contributed by atoms with Crippen molar-refractivity contribution >= 4 is 43.6 Å². The number of halogens is 6. The van der Waals surface area contributed by atoms with Crippen molar-refractivity contribution in [2.75, 3.05) is 0 Å². The number of aromatic nitrogens is 3. The Morgan fingerprint density at radius 2 is 0.850 bits per heavy atom. The van der Waals surface area contributed by atoms with Crippen molar-refractivity contribution in [2.24, 2.45) is 0 Å². The van der Waals surface area contributed by atoms with Crippen molar-refractivity contribution in [1.82, 2.24) is 14.1 Å². The van der Waals surface area contributed by atoms with Gasteiger partial charge in [0.05, 0.1) is 45.1 Å². The first-order chi connectivity index (χ1) is 28.8. The largest absolute Gasteiger partial charge is 0.416 e. The second kappa shape index (κ2) is 13.7. The van der Waals surface area contributed by atoms with Gasteiger partial charge in [-0.25, -0.2) is 4.98 Å². The highest BCUT2D eigenvalue weighted by Gasteiger charge is 2.37. The fourth-order valence-corrected chi connectivity index (χ4v) is 8.66. The molecule has 0 unspecified atom stereocenters. The first kappa shape index (κ1) is 37.2. The number of nitrogens with zero attached hydrogens (tertiary/aromatic N) is 3. The standard InChI is InChI=1S/C51H33F6N3/c1-30-11-3-5-13-37(30)32-19-21-46-42(25-32)39-15-7-9-17-44(39)59(46)48-29-58-49(28-41(48)34-23-35(50(52,53)54)27-36(24-34)51(55,56)57)60-45-18-10-8-16-40(45)43-26-33(20-22-47(43)60)38-14-6-4-12-31(38)2/h3-29H,1-2H3. The molecule has 0 aliphatic heterocycles. The maximum Gasteiger partial charge on any atom is 0.416 e. The van der Waals surface area contributed by atoms with Crippen LogP contribution in [0.4, 0.5) is 26.3 Å². The van der Waals surface area contributed by atoms with E-state index >= 15 is 0 Å². The topological polar surface area (TPSA) is 22.8 Å². The van der Waals surface area contributed by atoms with E-state index in [4.69, 9.17) is 4.98 Å². The van der Waals surface area contributed by atoms with E-state index < -0.39 is 23.5 Å². The molecule has 0 radical (unpaired) electrons. The molecule has 0 aliphatic carbocycles. The molecule has 0 atom stereocenters. The Bertz CT molecular complexity index is 3300. The van der Waals surface area contributed by atoms with Gasteiger partial charge in [0.15, 0.2) is 0 Å². The molecule has 0 saturated heterocycles. The molecule has 0 fully saturated rings. The van der Waals surface area contributed by atoms with Gasteiger partial charge >= 0.3 is 12.4 Å². The quantitative estimate of drug-likeness (QED) is 0.159. The second-order valence-corrected chi connectivity index (χ2v) is 15.2. The van der Waals surface area contributed by atoms with Gasteiger partial charge in [0.1, 0.15) is 5.82 Å². The number of benzene rings is 7. The summed E-state index contributed by atoms with van der Waals surface area (Å²) < 4.78 is 90.7. The molecule has 3 nitrogen and oxygen atoms in total. The average molecular weight is 802 g/mol. The Kier molecular flexibility index (Phi) is 8.50. The third-order valence-corrected chi connectivity index (χ3v) is 11.5. The maximum atomic E-state index is 14.5. The van der Waals surface area contributed by atoms with Crippen LogP contribution in [0.1, 0.15) is 22.3 Å². The number of rotatable bonds is 5. The van der Waals surface area contributed by atoms with Crippen molar-refractivity contribution in [3.05, 3.63) is 186 Å². The van der Waals surface area contributed by atoms with Crippen LogP contribution in [-0.4, -0.2) is 14.1 Å². The maximum absolute atomic E-state index is 14.5. The number of aryl methyl sites for hydroxylation is 2. The lowest BCUT2D eigenvalue weighted by Crippen LogP contribution is -2.11. The number of hydrogen-bond acceptors (Lipinski definition) is 1. The lowest BCUT2D eigenvalue weighted by molar-refractivity contribution is -0.143. The SMILES string of the molecule is Cc1ccccc1-c1ccc2c(c1)c1ccccc1n2-c1cc(-c2cc(C(F)(F)F)cc(C(F)(F)F)c2)c(-n2c3ccccc3c3cc(-c4ccccc4C)ccc32)cn1. The van der Waals surface area contributed by atoms with E-state index in [-0.39, 0.29) is 17.2 Å².